The summed E-state index contributed by atoms with van der Waals surface area (Å²) in [6, 6.07) is 5.19. The molecule has 0 bridgehead atoms. The van der Waals surface area contributed by atoms with Crippen molar-refractivity contribution < 1.29 is 19.0 Å². The van der Waals surface area contributed by atoms with Crippen molar-refractivity contribution in [1.82, 2.24) is 9.78 Å². The van der Waals surface area contributed by atoms with Crippen LogP contribution in [-0.2, 0) is 16.6 Å². The zero-order chi connectivity index (χ0) is 16.4. The summed E-state index contributed by atoms with van der Waals surface area (Å²) in [6.07, 6.45) is 5.05. The van der Waals surface area contributed by atoms with Crippen molar-refractivity contribution in [2.75, 3.05) is 14.2 Å². The molecular weight excluding hydrogens is 298 g/mol. The number of methoxy groups -OCH3 is 2. The first-order valence-electron chi connectivity index (χ1n) is 6.84. The molecule has 0 aliphatic carbocycles. The number of hydrogen-bond acceptors (Lipinski definition) is 6. The zero-order valence-electron chi connectivity index (χ0n) is 12.9. The van der Waals surface area contributed by atoms with Crippen LogP contribution in [0.25, 0.3) is 6.08 Å². The van der Waals surface area contributed by atoms with Gasteiger partial charge in [-0.25, -0.2) is 9.79 Å². The smallest absolute Gasteiger partial charge is 0.363 e. The Labute approximate surface area is 132 Å². The first kappa shape index (κ1) is 14.8. The van der Waals surface area contributed by atoms with Gasteiger partial charge in [0, 0.05) is 24.4 Å². The molecule has 1 aliphatic rings. The van der Waals surface area contributed by atoms with Gasteiger partial charge in [-0.3, -0.25) is 4.68 Å². The maximum absolute atomic E-state index is 12.0. The largest absolute Gasteiger partial charge is 0.493 e. The minimum Gasteiger partial charge on any atom is -0.493 e. The van der Waals surface area contributed by atoms with E-state index in [1.807, 2.05) is 0 Å². The van der Waals surface area contributed by atoms with Gasteiger partial charge in [-0.1, -0.05) is 0 Å². The van der Waals surface area contributed by atoms with Crippen molar-refractivity contribution in [3.63, 3.8) is 0 Å². The Morgan fingerprint density at radius 3 is 2.65 bits per heavy atom. The van der Waals surface area contributed by atoms with Crippen molar-refractivity contribution >= 4 is 17.9 Å². The number of ether oxygens (including phenoxy) is 3. The lowest BCUT2D eigenvalue weighted by atomic mass is 10.2. The minimum atomic E-state index is -0.501. The number of cyclic esters (lactones) is 1. The average Bonchev–Trinajstić information content (AvgIpc) is 3.13. The van der Waals surface area contributed by atoms with Gasteiger partial charge in [0.15, 0.2) is 17.2 Å². The van der Waals surface area contributed by atoms with Crippen LogP contribution in [0.5, 0.6) is 11.5 Å². The van der Waals surface area contributed by atoms with Gasteiger partial charge in [0.1, 0.15) is 0 Å². The van der Waals surface area contributed by atoms with Gasteiger partial charge in [0.05, 0.1) is 20.4 Å². The number of esters is 1. The molecule has 0 N–H and O–H groups in total. The Kier molecular flexibility index (Phi) is 3.84. The Morgan fingerprint density at radius 1 is 1.22 bits per heavy atom. The molecule has 0 spiro atoms. The minimum absolute atomic E-state index is 0.225. The normalized spacial score (nSPS) is 15.5. The van der Waals surface area contributed by atoms with Gasteiger partial charge in [-0.2, -0.15) is 5.10 Å². The van der Waals surface area contributed by atoms with Crippen LogP contribution in [0.3, 0.4) is 0 Å². The van der Waals surface area contributed by atoms with Gasteiger partial charge in [0.25, 0.3) is 0 Å². The molecule has 0 amide bonds. The van der Waals surface area contributed by atoms with Gasteiger partial charge in [-0.15, -0.1) is 0 Å². The molecule has 1 aromatic carbocycles. The lowest BCUT2D eigenvalue weighted by Gasteiger charge is -2.08. The SMILES string of the molecule is COc1ccc(C2=N/C(=C/c3cnn(C)c3)C(=O)O2)cc1OC. The summed E-state index contributed by atoms with van der Waals surface area (Å²) in [5.74, 6) is 0.852. The highest BCUT2D eigenvalue weighted by Crippen LogP contribution is 2.29. The average molecular weight is 313 g/mol. The Hall–Kier alpha value is -3.09. The van der Waals surface area contributed by atoms with E-state index in [1.54, 1.807) is 55.5 Å². The molecule has 118 valence electrons. The highest BCUT2D eigenvalue weighted by Gasteiger charge is 2.25. The van der Waals surface area contributed by atoms with Crippen LogP contribution < -0.4 is 9.47 Å². The fourth-order valence-electron chi connectivity index (χ4n) is 2.17. The molecule has 23 heavy (non-hydrogen) atoms. The van der Waals surface area contributed by atoms with Gasteiger partial charge in [0.2, 0.25) is 5.90 Å². The lowest BCUT2D eigenvalue weighted by Crippen LogP contribution is -2.05. The number of aryl methyl sites for hydroxylation is 1. The van der Waals surface area contributed by atoms with Crippen molar-refractivity contribution in [1.29, 1.82) is 0 Å². The van der Waals surface area contributed by atoms with Crippen LogP contribution in [0.4, 0.5) is 0 Å². The summed E-state index contributed by atoms with van der Waals surface area (Å²) in [5.41, 5.74) is 1.63. The third kappa shape index (κ3) is 2.94. The second kappa shape index (κ2) is 5.96. The second-order valence-corrected chi connectivity index (χ2v) is 4.85. The van der Waals surface area contributed by atoms with Crippen LogP contribution in [0.15, 0.2) is 41.3 Å². The second-order valence-electron chi connectivity index (χ2n) is 4.85. The maximum atomic E-state index is 12.0. The highest BCUT2D eigenvalue weighted by atomic mass is 16.6. The van der Waals surface area contributed by atoms with E-state index >= 15 is 0 Å². The van der Waals surface area contributed by atoms with Gasteiger partial charge < -0.3 is 14.2 Å². The maximum Gasteiger partial charge on any atom is 0.363 e. The van der Waals surface area contributed by atoms with Crippen LogP contribution >= 0.6 is 0 Å². The summed E-state index contributed by atoms with van der Waals surface area (Å²) in [7, 11) is 4.89. The third-order valence-electron chi connectivity index (χ3n) is 3.28. The number of aromatic nitrogens is 2. The fraction of sp³-hybridized carbons (Fsp3) is 0.188. The molecule has 0 atom stereocenters. The number of nitrogens with zero attached hydrogens (tertiary/aromatic N) is 3. The van der Waals surface area contributed by atoms with Gasteiger partial charge >= 0.3 is 5.97 Å². The summed E-state index contributed by atoms with van der Waals surface area (Å²) >= 11 is 0. The Balaban J connectivity index is 1.93. The van der Waals surface area contributed by atoms with Crippen LogP contribution in [0, 0.1) is 0 Å². The van der Waals surface area contributed by atoms with Crippen molar-refractivity contribution in [3.8, 4) is 11.5 Å². The predicted molar refractivity (Wildman–Crippen MR) is 83.4 cm³/mol. The highest BCUT2D eigenvalue weighted by molar-refractivity contribution is 6.13. The molecule has 1 aliphatic heterocycles. The molecule has 7 heteroatoms. The first-order chi connectivity index (χ1) is 11.1. The number of carbonyl (C=O) groups excluding carboxylic acids is 1. The molecule has 2 heterocycles. The Morgan fingerprint density at radius 2 is 2.00 bits per heavy atom. The van der Waals surface area contributed by atoms with E-state index < -0.39 is 5.97 Å². The molecule has 0 unspecified atom stereocenters. The number of hydrogen-bond donors (Lipinski definition) is 0. The van der Waals surface area contributed by atoms with E-state index in [0.717, 1.165) is 5.56 Å². The topological polar surface area (TPSA) is 74.9 Å². The molecule has 1 aromatic heterocycles. The number of rotatable bonds is 4. The van der Waals surface area contributed by atoms with E-state index in [2.05, 4.69) is 10.1 Å². The zero-order valence-corrected chi connectivity index (χ0v) is 12.9. The monoisotopic (exact) mass is 313 g/mol. The van der Waals surface area contributed by atoms with Crippen LogP contribution in [0.2, 0.25) is 0 Å². The molecular formula is C16H15N3O4. The molecule has 0 saturated carbocycles. The molecule has 7 nitrogen and oxygen atoms in total. The molecule has 0 fully saturated rings. The summed E-state index contributed by atoms with van der Waals surface area (Å²) in [4.78, 5) is 16.2. The molecule has 0 saturated heterocycles. The van der Waals surface area contributed by atoms with E-state index in [4.69, 9.17) is 14.2 Å². The molecule has 0 radical (unpaired) electrons. The van der Waals surface area contributed by atoms with E-state index in [0.29, 0.717) is 17.1 Å². The van der Waals surface area contributed by atoms with Crippen LogP contribution in [0.1, 0.15) is 11.1 Å². The number of benzene rings is 1. The summed E-state index contributed by atoms with van der Waals surface area (Å²) < 4.78 is 17.3. The quantitative estimate of drug-likeness (QED) is 0.635. The Bertz CT molecular complexity index is 820. The van der Waals surface area contributed by atoms with Crippen molar-refractivity contribution in [2.24, 2.45) is 12.0 Å². The van der Waals surface area contributed by atoms with E-state index in [1.165, 1.54) is 7.11 Å². The number of aliphatic imine (C=N–C) groups is 1. The lowest BCUT2D eigenvalue weighted by molar-refractivity contribution is -0.129. The molecule has 3 rings (SSSR count). The first-order valence-corrected chi connectivity index (χ1v) is 6.84. The van der Waals surface area contributed by atoms with Gasteiger partial charge in [-0.05, 0) is 24.3 Å². The summed E-state index contributed by atoms with van der Waals surface area (Å²) in [5, 5.41) is 4.04. The fourth-order valence-corrected chi connectivity index (χ4v) is 2.17. The van der Waals surface area contributed by atoms with Crippen molar-refractivity contribution in [2.45, 2.75) is 0 Å². The summed E-state index contributed by atoms with van der Waals surface area (Å²) in [6.45, 7) is 0. The van der Waals surface area contributed by atoms with Crippen LogP contribution in [-0.4, -0.2) is 35.9 Å². The molecule has 2 aromatic rings. The standard InChI is InChI=1S/C16H15N3O4/c1-19-9-10(8-17-19)6-12-16(20)23-15(18-12)11-4-5-13(21-2)14(7-11)22-3/h4-9H,1-3H3/b12-6+. The van der Waals surface area contributed by atoms with E-state index in [9.17, 15) is 4.79 Å². The third-order valence-corrected chi connectivity index (χ3v) is 3.28. The predicted octanol–water partition coefficient (Wildman–Crippen LogP) is 1.78. The van der Waals surface area contributed by atoms with E-state index in [-0.39, 0.29) is 11.6 Å². The number of carbonyl (C=O) groups is 1. The van der Waals surface area contributed by atoms with Crippen molar-refractivity contribution in [3.05, 3.63) is 47.4 Å².